The lowest BCUT2D eigenvalue weighted by molar-refractivity contribution is -0.129. The topological polar surface area (TPSA) is 41.6 Å². The minimum absolute atomic E-state index is 0.0853. The summed E-state index contributed by atoms with van der Waals surface area (Å²) in [7, 11) is 3.48. The molecule has 4 heteroatoms. The van der Waals surface area contributed by atoms with Crippen molar-refractivity contribution in [1.29, 1.82) is 0 Å². The summed E-state index contributed by atoms with van der Waals surface area (Å²) < 4.78 is 5.08. The van der Waals surface area contributed by atoms with Crippen LogP contribution < -0.4 is 5.32 Å². The van der Waals surface area contributed by atoms with Crippen molar-refractivity contribution in [2.75, 3.05) is 26.0 Å². The van der Waals surface area contributed by atoms with Gasteiger partial charge in [-0.15, -0.1) is 0 Å². The van der Waals surface area contributed by atoms with Gasteiger partial charge in [0.1, 0.15) is 0 Å². The quantitative estimate of drug-likeness (QED) is 0.840. The number of nitrogens with one attached hydrogen (secondary N) is 1. The van der Waals surface area contributed by atoms with Crippen molar-refractivity contribution in [3.05, 3.63) is 29.8 Å². The minimum atomic E-state index is 0.0853. The zero-order valence-electron chi connectivity index (χ0n) is 11.6. The van der Waals surface area contributed by atoms with Gasteiger partial charge in [-0.1, -0.05) is 12.1 Å². The third-order valence-electron chi connectivity index (χ3n) is 2.85. The molecule has 0 aromatic heterocycles. The second-order valence-electron chi connectivity index (χ2n) is 4.59. The van der Waals surface area contributed by atoms with Crippen LogP contribution in [0.1, 0.15) is 19.4 Å². The average Bonchev–Trinajstić information content (AvgIpc) is 2.36. The van der Waals surface area contributed by atoms with Crippen molar-refractivity contribution < 1.29 is 9.53 Å². The molecule has 1 rings (SSSR count). The van der Waals surface area contributed by atoms with Gasteiger partial charge in [-0.25, -0.2) is 0 Å². The number of anilines is 1. The van der Waals surface area contributed by atoms with Crippen LogP contribution in [0.25, 0.3) is 0 Å². The molecule has 0 spiro atoms. The van der Waals surface area contributed by atoms with Crippen molar-refractivity contribution in [1.82, 2.24) is 4.90 Å². The molecule has 0 aliphatic heterocycles. The molecule has 0 aliphatic carbocycles. The van der Waals surface area contributed by atoms with Crippen LogP contribution in [0, 0.1) is 0 Å². The third kappa shape index (κ3) is 4.37. The van der Waals surface area contributed by atoms with E-state index < -0.39 is 0 Å². The molecule has 1 N–H and O–H groups in total. The van der Waals surface area contributed by atoms with Gasteiger partial charge in [-0.3, -0.25) is 4.79 Å². The number of ether oxygens (including phenoxy) is 1. The largest absolute Gasteiger partial charge is 0.380 e. The Kier molecular flexibility index (Phi) is 5.65. The van der Waals surface area contributed by atoms with E-state index in [-0.39, 0.29) is 11.9 Å². The first-order valence-corrected chi connectivity index (χ1v) is 6.12. The number of likely N-dealkylation sites (N-methyl/N-ethyl adjacent to an activating group) is 1. The van der Waals surface area contributed by atoms with E-state index in [1.54, 1.807) is 12.0 Å². The van der Waals surface area contributed by atoms with Crippen LogP contribution in [-0.4, -0.2) is 37.6 Å². The highest BCUT2D eigenvalue weighted by Crippen LogP contribution is 2.11. The summed E-state index contributed by atoms with van der Waals surface area (Å²) in [5.74, 6) is 0.0853. The highest BCUT2D eigenvalue weighted by molar-refractivity contribution is 5.80. The number of hydrogen-bond donors (Lipinski definition) is 1. The first-order chi connectivity index (χ1) is 8.54. The summed E-state index contributed by atoms with van der Waals surface area (Å²) in [4.78, 5) is 13.5. The van der Waals surface area contributed by atoms with Gasteiger partial charge in [0.15, 0.2) is 0 Å². The molecule has 0 heterocycles. The molecule has 0 atom stereocenters. The van der Waals surface area contributed by atoms with Crippen LogP contribution in [0.3, 0.4) is 0 Å². The molecule has 0 radical (unpaired) electrons. The van der Waals surface area contributed by atoms with Gasteiger partial charge in [0.05, 0.1) is 13.2 Å². The number of benzene rings is 1. The molecule has 18 heavy (non-hydrogen) atoms. The zero-order chi connectivity index (χ0) is 13.5. The molecule has 0 aliphatic rings. The number of hydrogen-bond acceptors (Lipinski definition) is 3. The maximum absolute atomic E-state index is 11.8. The van der Waals surface area contributed by atoms with Crippen LogP contribution in [-0.2, 0) is 16.1 Å². The molecule has 0 unspecified atom stereocenters. The molecule has 100 valence electrons. The SMILES string of the molecule is COCc1cccc(NCC(=O)N(C)C(C)C)c1. The fourth-order valence-corrected chi connectivity index (χ4v) is 1.53. The second kappa shape index (κ2) is 7.01. The molecule has 0 saturated carbocycles. The van der Waals surface area contributed by atoms with Crippen LogP contribution in [0.15, 0.2) is 24.3 Å². The average molecular weight is 250 g/mol. The molecule has 1 aromatic carbocycles. The maximum atomic E-state index is 11.8. The van der Waals surface area contributed by atoms with E-state index in [9.17, 15) is 4.79 Å². The minimum Gasteiger partial charge on any atom is -0.380 e. The summed E-state index contributed by atoms with van der Waals surface area (Å²) in [6, 6.07) is 8.11. The number of nitrogens with zero attached hydrogens (tertiary/aromatic N) is 1. The lowest BCUT2D eigenvalue weighted by atomic mass is 10.2. The highest BCUT2D eigenvalue weighted by atomic mass is 16.5. The standard InChI is InChI=1S/C14H22N2O2/c1-11(2)16(3)14(17)9-15-13-7-5-6-12(8-13)10-18-4/h5-8,11,15H,9-10H2,1-4H3. The molecular weight excluding hydrogens is 228 g/mol. The Morgan fingerprint density at radius 3 is 2.78 bits per heavy atom. The third-order valence-corrected chi connectivity index (χ3v) is 2.85. The predicted molar refractivity (Wildman–Crippen MR) is 73.6 cm³/mol. The predicted octanol–water partition coefficient (Wildman–Crippen LogP) is 2.11. The lowest BCUT2D eigenvalue weighted by Crippen LogP contribution is -2.37. The van der Waals surface area contributed by atoms with Gasteiger partial charge < -0.3 is 15.0 Å². The van der Waals surface area contributed by atoms with Crippen molar-refractivity contribution in [3.8, 4) is 0 Å². The van der Waals surface area contributed by atoms with Crippen LogP contribution >= 0.6 is 0 Å². The Labute approximate surface area is 109 Å². The molecular formula is C14H22N2O2. The number of amides is 1. The van der Waals surface area contributed by atoms with E-state index in [0.29, 0.717) is 13.2 Å². The summed E-state index contributed by atoms with van der Waals surface area (Å²) in [5.41, 5.74) is 2.03. The van der Waals surface area contributed by atoms with Gasteiger partial charge >= 0.3 is 0 Å². The summed E-state index contributed by atoms with van der Waals surface area (Å²) >= 11 is 0. The lowest BCUT2D eigenvalue weighted by Gasteiger charge is -2.21. The normalized spacial score (nSPS) is 10.5. The van der Waals surface area contributed by atoms with Crippen molar-refractivity contribution in [3.63, 3.8) is 0 Å². The summed E-state index contributed by atoms with van der Waals surface area (Å²) in [6.07, 6.45) is 0. The fraction of sp³-hybridized carbons (Fsp3) is 0.500. The first kappa shape index (κ1) is 14.5. The molecule has 0 bridgehead atoms. The molecule has 1 amide bonds. The van der Waals surface area contributed by atoms with Crippen molar-refractivity contribution in [2.24, 2.45) is 0 Å². The Balaban J connectivity index is 2.53. The Bertz CT molecular complexity index is 391. The van der Waals surface area contributed by atoms with Crippen LogP contribution in [0.5, 0.6) is 0 Å². The molecule has 1 aromatic rings. The van der Waals surface area contributed by atoms with E-state index in [0.717, 1.165) is 11.3 Å². The summed E-state index contributed by atoms with van der Waals surface area (Å²) in [6.45, 7) is 4.88. The number of carbonyl (C=O) groups excluding carboxylic acids is 1. The van der Waals surface area contributed by atoms with Crippen molar-refractivity contribution in [2.45, 2.75) is 26.5 Å². The molecule has 0 fully saturated rings. The van der Waals surface area contributed by atoms with Crippen molar-refractivity contribution >= 4 is 11.6 Å². The fourth-order valence-electron chi connectivity index (χ4n) is 1.53. The Morgan fingerprint density at radius 1 is 1.44 bits per heavy atom. The van der Waals surface area contributed by atoms with Gasteiger partial charge in [0.25, 0.3) is 0 Å². The Morgan fingerprint density at radius 2 is 2.17 bits per heavy atom. The monoisotopic (exact) mass is 250 g/mol. The number of carbonyl (C=O) groups is 1. The van der Waals surface area contributed by atoms with E-state index in [1.165, 1.54) is 0 Å². The number of rotatable bonds is 6. The Hall–Kier alpha value is -1.55. The summed E-state index contributed by atoms with van der Waals surface area (Å²) in [5, 5.41) is 3.13. The maximum Gasteiger partial charge on any atom is 0.241 e. The highest BCUT2D eigenvalue weighted by Gasteiger charge is 2.11. The van der Waals surface area contributed by atoms with E-state index in [1.807, 2.05) is 45.2 Å². The van der Waals surface area contributed by atoms with Gasteiger partial charge in [0.2, 0.25) is 5.91 Å². The first-order valence-electron chi connectivity index (χ1n) is 6.12. The second-order valence-corrected chi connectivity index (χ2v) is 4.59. The molecule has 4 nitrogen and oxygen atoms in total. The van der Waals surface area contributed by atoms with Crippen LogP contribution in [0.2, 0.25) is 0 Å². The molecule has 0 saturated heterocycles. The van der Waals surface area contributed by atoms with E-state index >= 15 is 0 Å². The van der Waals surface area contributed by atoms with E-state index in [2.05, 4.69) is 5.32 Å². The van der Waals surface area contributed by atoms with Gasteiger partial charge in [-0.2, -0.15) is 0 Å². The van der Waals surface area contributed by atoms with Crippen LogP contribution in [0.4, 0.5) is 5.69 Å². The number of methoxy groups -OCH3 is 1. The van der Waals surface area contributed by atoms with Gasteiger partial charge in [-0.05, 0) is 31.5 Å². The van der Waals surface area contributed by atoms with E-state index in [4.69, 9.17) is 4.74 Å². The smallest absolute Gasteiger partial charge is 0.241 e. The zero-order valence-corrected chi connectivity index (χ0v) is 11.6. The van der Waals surface area contributed by atoms with Gasteiger partial charge in [0, 0.05) is 25.9 Å².